The summed E-state index contributed by atoms with van der Waals surface area (Å²) in [5, 5.41) is 0. The lowest BCUT2D eigenvalue weighted by molar-refractivity contribution is 0.281. The van der Waals surface area contributed by atoms with Crippen molar-refractivity contribution in [2.75, 3.05) is 0 Å². The summed E-state index contributed by atoms with van der Waals surface area (Å²) in [5.74, 6) is 0. The molecule has 214 valence electrons. The van der Waals surface area contributed by atoms with Crippen molar-refractivity contribution in [2.24, 2.45) is 10.8 Å². The molecule has 0 bridgehead atoms. The van der Waals surface area contributed by atoms with Gasteiger partial charge in [-0.25, -0.2) is 0 Å². The van der Waals surface area contributed by atoms with Crippen LogP contribution in [0, 0.1) is 10.8 Å². The molecule has 0 aliphatic carbocycles. The first-order valence-corrected chi connectivity index (χ1v) is 22.1. The zero-order valence-electron chi connectivity index (χ0n) is 28.5. The first-order valence-electron chi connectivity index (χ1n) is 15.9. The molecule has 0 N–H and O–H groups in total. The summed E-state index contributed by atoms with van der Waals surface area (Å²) >= 11 is 0. The predicted molar refractivity (Wildman–Crippen MR) is 175 cm³/mol. The summed E-state index contributed by atoms with van der Waals surface area (Å²) in [5.41, 5.74) is 1.30. The second-order valence-electron chi connectivity index (χ2n) is 11.0. The molecule has 0 radical (unpaired) electrons. The van der Waals surface area contributed by atoms with Crippen LogP contribution in [0.3, 0.4) is 0 Å². The highest BCUT2D eigenvalue weighted by Gasteiger charge is 2.34. The molecule has 0 aromatic carbocycles. The Balaban J connectivity index is -0.000000121. The Morgan fingerprint density at radius 1 is 0.412 bits per heavy atom. The van der Waals surface area contributed by atoms with Gasteiger partial charge in [-0.3, -0.25) is 0 Å². The van der Waals surface area contributed by atoms with Crippen LogP contribution in [-0.4, -0.2) is 16.1 Å². The van der Waals surface area contributed by atoms with Gasteiger partial charge in [0.1, 0.15) is 0 Å². The maximum atomic E-state index is 2.60. The Kier molecular flexibility index (Phi) is 34.6. The lowest BCUT2D eigenvalue weighted by atomic mass is 9.82. The van der Waals surface area contributed by atoms with Gasteiger partial charge in [0.05, 0.1) is 8.07 Å². The summed E-state index contributed by atoms with van der Waals surface area (Å²) in [6.45, 7) is 41.2. The van der Waals surface area contributed by atoms with Gasteiger partial charge in [0.2, 0.25) is 0 Å². The van der Waals surface area contributed by atoms with E-state index < -0.39 is 16.1 Å². The van der Waals surface area contributed by atoms with Gasteiger partial charge in [-0.2, -0.15) is 0 Å². The molecule has 0 aliphatic rings. The largest absolute Gasteiger partial charge is 0.0692 e. The van der Waals surface area contributed by atoms with E-state index in [1.165, 1.54) is 68.7 Å². The predicted octanol–water partition coefficient (Wildman–Crippen LogP) is 13.7. The van der Waals surface area contributed by atoms with Crippen molar-refractivity contribution in [3.8, 4) is 0 Å². The van der Waals surface area contributed by atoms with Gasteiger partial charge >= 0.3 is 0 Å². The molecule has 0 atom stereocenters. The van der Waals surface area contributed by atoms with Crippen LogP contribution in [0.15, 0.2) is 0 Å². The Labute approximate surface area is 225 Å². The van der Waals surface area contributed by atoms with Crippen LogP contribution in [0.5, 0.6) is 0 Å². The van der Waals surface area contributed by atoms with E-state index in [9.17, 15) is 0 Å². The Morgan fingerprint density at radius 3 is 0.735 bits per heavy atom. The fourth-order valence-electron chi connectivity index (χ4n) is 4.03. The fraction of sp³-hybridized carbons (Fsp3) is 1.00. The van der Waals surface area contributed by atoms with Crippen LogP contribution >= 0.6 is 0 Å². The van der Waals surface area contributed by atoms with Crippen molar-refractivity contribution in [1.82, 2.24) is 0 Å². The number of rotatable bonds is 13. The lowest BCUT2D eigenvalue weighted by Crippen LogP contribution is -2.36. The summed E-state index contributed by atoms with van der Waals surface area (Å²) in [7, 11) is -1.57. The first-order chi connectivity index (χ1) is 15.9. The van der Waals surface area contributed by atoms with Gasteiger partial charge in [-0.1, -0.05) is 199 Å². The van der Waals surface area contributed by atoms with Crippen LogP contribution in [0.2, 0.25) is 49.4 Å². The van der Waals surface area contributed by atoms with E-state index in [4.69, 9.17) is 0 Å². The van der Waals surface area contributed by atoms with E-state index >= 15 is 0 Å². The van der Waals surface area contributed by atoms with Gasteiger partial charge in [-0.05, 0) is 10.8 Å². The molecule has 0 aromatic heterocycles. The average molecular weight is 519 g/mol. The highest BCUT2D eigenvalue weighted by Crippen LogP contribution is 2.41. The summed E-state index contributed by atoms with van der Waals surface area (Å²) < 4.78 is 0. The molecule has 0 saturated carbocycles. The third-order valence-electron chi connectivity index (χ3n) is 9.88. The van der Waals surface area contributed by atoms with Gasteiger partial charge in [0.25, 0.3) is 0 Å². The molecule has 0 rings (SSSR count). The Morgan fingerprint density at radius 2 is 0.647 bits per heavy atom. The van der Waals surface area contributed by atoms with Gasteiger partial charge < -0.3 is 0 Å². The molecule has 2 heteroatoms. The van der Waals surface area contributed by atoms with Crippen LogP contribution in [0.4, 0.5) is 0 Å². The molecule has 0 saturated heterocycles. The third-order valence-corrected chi connectivity index (χ3v) is 20.0. The van der Waals surface area contributed by atoms with Crippen LogP contribution < -0.4 is 0 Å². The maximum absolute atomic E-state index is 2.60. The van der Waals surface area contributed by atoms with Crippen molar-refractivity contribution in [3.63, 3.8) is 0 Å². The number of hydrogen-bond acceptors (Lipinski definition) is 0. The monoisotopic (exact) mass is 519 g/mol. The van der Waals surface area contributed by atoms with E-state index in [1.807, 2.05) is 27.7 Å². The summed E-state index contributed by atoms with van der Waals surface area (Å²) in [6, 6.07) is 8.85. The van der Waals surface area contributed by atoms with E-state index in [-0.39, 0.29) is 0 Å². The second-order valence-corrected chi connectivity index (χ2v) is 22.1. The molecule has 0 unspecified atom stereocenters. The van der Waals surface area contributed by atoms with Gasteiger partial charge in [-0.15, -0.1) is 0 Å². The normalized spacial score (nSPS) is 11.5. The number of hydrogen-bond donors (Lipinski definition) is 0. The summed E-state index contributed by atoms with van der Waals surface area (Å²) in [6.07, 6.45) is 8.09. The van der Waals surface area contributed by atoms with E-state index in [0.717, 1.165) is 0 Å². The van der Waals surface area contributed by atoms with Crippen molar-refractivity contribution in [2.45, 2.75) is 199 Å². The highest BCUT2D eigenvalue weighted by molar-refractivity contribution is 6.78. The van der Waals surface area contributed by atoms with Crippen molar-refractivity contribution >= 4 is 16.1 Å². The molecular formula is C32H78Si2. The molecule has 0 amide bonds. The van der Waals surface area contributed by atoms with Crippen LogP contribution in [0.1, 0.15) is 149 Å². The van der Waals surface area contributed by atoms with Crippen LogP contribution in [-0.2, 0) is 0 Å². The molecule has 0 fully saturated rings. The first kappa shape index (κ1) is 44.4. The van der Waals surface area contributed by atoms with Crippen molar-refractivity contribution in [3.05, 3.63) is 0 Å². The lowest BCUT2D eigenvalue weighted by Gasteiger charge is -2.39. The Bertz CT molecular complexity index is 316. The molecule has 0 heterocycles. The molecule has 0 nitrogen and oxygen atoms in total. The quantitative estimate of drug-likeness (QED) is 0.213. The van der Waals surface area contributed by atoms with Gasteiger partial charge in [0.15, 0.2) is 0 Å². The van der Waals surface area contributed by atoms with E-state index in [0.29, 0.717) is 10.8 Å². The molecule has 0 aromatic rings. The van der Waals surface area contributed by atoms with E-state index in [2.05, 4.69) is 96.2 Å². The SMILES string of the molecule is CC.CC.CCC(C)(CC)CC.CCC(CC)(CC)C[Si](C)(CC)CC.CC[Si](C)(CC)CC. The van der Waals surface area contributed by atoms with Crippen molar-refractivity contribution < 1.29 is 0 Å². The minimum Gasteiger partial charge on any atom is -0.0692 e. The zero-order chi connectivity index (χ0) is 28.5. The minimum absolute atomic E-state index is 0.625. The molecular weight excluding hydrogens is 441 g/mol. The maximum Gasteiger partial charge on any atom is 0.0504 e. The van der Waals surface area contributed by atoms with E-state index in [1.54, 1.807) is 6.04 Å². The zero-order valence-corrected chi connectivity index (χ0v) is 30.5. The second kappa shape index (κ2) is 26.5. The topological polar surface area (TPSA) is 0 Å². The summed E-state index contributed by atoms with van der Waals surface area (Å²) in [4.78, 5) is 0. The molecule has 0 spiro atoms. The Hall–Kier alpha value is 0.434. The molecule has 34 heavy (non-hydrogen) atoms. The smallest absolute Gasteiger partial charge is 0.0504 e. The third kappa shape index (κ3) is 20.6. The minimum atomic E-state index is -0.896. The van der Waals surface area contributed by atoms with Gasteiger partial charge in [0, 0.05) is 8.07 Å². The van der Waals surface area contributed by atoms with Crippen LogP contribution in [0.25, 0.3) is 0 Å². The highest BCUT2D eigenvalue weighted by atomic mass is 28.3. The molecule has 0 aliphatic heterocycles. The van der Waals surface area contributed by atoms with Crippen molar-refractivity contribution in [1.29, 1.82) is 0 Å². The average Bonchev–Trinajstić information content (AvgIpc) is 2.93. The fourth-order valence-corrected chi connectivity index (χ4v) is 9.09. The standard InChI is InChI=1S/C13H30Si.C8H18.C7H18Si.2C2H6/c1-7-13(8-2,9-3)12-14(6,10-4)11-5;2*1-5-8(4,6-2)7-3;2*1-2/h7-12H2,1-6H3;2*5-7H2,1-4H3;2*1-2H3.